The summed E-state index contributed by atoms with van der Waals surface area (Å²) in [7, 11) is 0. The van der Waals surface area contributed by atoms with Gasteiger partial charge in [-0.2, -0.15) is 0 Å². The third-order valence-corrected chi connectivity index (χ3v) is 8.24. The van der Waals surface area contributed by atoms with Gasteiger partial charge in [0.15, 0.2) is 0 Å². The highest BCUT2D eigenvalue weighted by molar-refractivity contribution is 8.03. The van der Waals surface area contributed by atoms with Crippen LogP contribution in [-0.4, -0.2) is 75.0 Å². The van der Waals surface area contributed by atoms with Crippen molar-refractivity contribution in [1.82, 2.24) is 15.1 Å². The Bertz CT molecular complexity index is 723. The molecule has 0 aliphatic carbocycles. The number of thioether (sulfide) groups is 1. The van der Waals surface area contributed by atoms with Crippen LogP contribution in [0.4, 0.5) is 0 Å². The molecule has 3 N–H and O–H groups in total. The molecule has 6 atom stereocenters. The summed E-state index contributed by atoms with van der Waals surface area (Å²) in [6.07, 6.45) is 8.29. The number of carboxylic acid groups (broad SMARTS) is 1. The van der Waals surface area contributed by atoms with Gasteiger partial charge in [-0.05, 0) is 38.8 Å². The van der Waals surface area contributed by atoms with Crippen molar-refractivity contribution in [2.24, 2.45) is 11.8 Å². The summed E-state index contributed by atoms with van der Waals surface area (Å²) in [6.45, 7) is 6.71. The number of carboxylic acids is 1. The molecule has 0 aromatic heterocycles. The topological polar surface area (TPSA) is 93.1 Å². The summed E-state index contributed by atoms with van der Waals surface area (Å²) < 4.78 is 0. The molecule has 0 aromatic carbocycles. The first-order chi connectivity index (χ1) is 13.9. The van der Waals surface area contributed by atoms with E-state index in [-0.39, 0.29) is 28.8 Å². The van der Waals surface area contributed by atoms with Crippen LogP contribution in [0.3, 0.4) is 0 Å². The van der Waals surface area contributed by atoms with E-state index in [4.69, 9.17) is 0 Å². The molecule has 4 heterocycles. The van der Waals surface area contributed by atoms with Crippen LogP contribution in [-0.2, 0) is 9.59 Å². The van der Waals surface area contributed by atoms with Gasteiger partial charge < -0.3 is 25.3 Å². The second-order valence-electron chi connectivity index (χ2n) is 8.69. The number of carbonyl (C=O) groups is 2. The van der Waals surface area contributed by atoms with E-state index >= 15 is 0 Å². The Morgan fingerprint density at radius 2 is 2.03 bits per heavy atom. The molecule has 1 amide bonds. The van der Waals surface area contributed by atoms with E-state index in [9.17, 15) is 19.8 Å². The number of aliphatic hydroxyl groups is 1. The third-order valence-electron chi connectivity index (χ3n) is 6.68. The molecule has 160 valence electrons. The molecular formula is C21H31N3O4S. The molecule has 2 unspecified atom stereocenters. The molecule has 4 aliphatic rings. The van der Waals surface area contributed by atoms with Crippen LogP contribution in [0.2, 0.25) is 0 Å². The molecule has 4 rings (SSSR count). The minimum atomic E-state index is -1.05. The molecule has 4 aliphatic heterocycles. The van der Waals surface area contributed by atoms with Crippen LogP contribution in [0, 0.1) is 11.8 Å². The Labute approximate surface area is 176 Å². The van der Waals surface area contributed by atoms with Gasteiger partial charge in [0.25, 0.3) is 0 Å². The molecule has 0 radical (unpaired) electrons. The van der Waals surface area contributed by atoms with E-state index in [1.165, 1.54) is 17.7 Å². The summed E-state index contributed by atoms with van der Waals surface area (Å²) in [5.41, 5.74) is 0.130. The number of hydrogen-bond donors (Lipinski definition) is 3. The van der Waals surface area contributed by atoms with E-state index in [2.05, 4.69) is 22.5 Å². The van der Waals surface area contributed by atoms with Crippen LogP contribution in [0.15, 0.2) is 22.9 Å². The van der Waals surface area contributed by atoms with Crippen LogP contribution in [0.25, 0.3) is 0 Å². The maximum atomic E-state index is 12.4. The lowest BCUT2D eigenvalue weighted by atomic mass is 9.79. The molecule has 7 nitrogen and oxygen atoms in total. The normalized spacial score (nSPS) is 36.0. The first kappa shape index (κ1) is 20.8. The van der Waals surface area contributed by atoms with E-state index in [1.807, 2.05) is 6.92 Å². The van der Waals surface area contributed by atoms with Crippen molar-refractivity contribution in [3.8, 4) is 0 Å². The zero-order valence-electron chi connectivity index (χ0n) is 17.1. The van der Waals surface area contributed by atoms with Gasteiger partial charge in [-0.3, -0.25) is 4.79 Å². The third kappa shape index (κ3) is 3.82. The molecule has 0 aromatic rings. The number of aliphatic carboxylic acids is 1. The van der Waals surface area contributed by atoms with Crippen molar-refractivity contribution in [3.63, 3.8) is 0 Å². The minimum absolute atomic E-state index is 0.0591. The van der Waals surface area contributed by atoms with Gasteiger partial charge in [0.05, 0.1) is 18.1 Å². The lowest BCUT2D eigenvalue weighted by Gasteiger charge is -2.46. The number of hydrogen-bond acceptors (Lipinski definition) is 6. The number of likely N-dealkylation sites (tertiary alicyclic amines) is 1. The van der Waals surface area contributed by atoms with E-state index in [1.54, 1.807) is 18.7 Å². The van der Waals surface area contributed by atoms with Gasteiger partial charge in [0.2, 0.25) is 5.91 Å². The SMILES string of the molecule is C[C@@H](O)[C@H]1C(=O)N2C(C(=O)O)=C(SC3CCC(/C=C/N4CCCC4)NC3)[C@H](C)[C@H]12. The number of nitrogens with zero attached hydrogens (tertiary/aromatic N) is 2. The molecule has 8 heteroatoms. The molecular weight excluding hydrogens is 390 g/mol. The molecule has 0 spiro atoms. The van der Waals surface area contributed by atoms with E-state index in [0.717, 1.165) is 37.4 Å². The maximum Gasteiger partial charge on any atom is 0.353 e. The fourth-order valence-corrected chi connectivity index (χ4v) is 6.54. The second kappa shape index (κ2) is 8.32. The molecule has 0 saturated carbocycles. The van der Waals surface area contributed by atoms with Gasteiger partial charge in [-0.1, -0.05) is 13.0 Å². The highest BCUT2D eigenvalue weighted by Crippen LogP contribution is 2.51. The lowest BCUT2D eigenvalue weighted by molar-refractivity contribution is -0.163. The van der Waals surface area contributed by atoms with E-state index < -0.39 is 18.0 Å². The Morgan fingerprint density at radius 1 is 1.31 bits per heavy atom. The number of nitrogens with one attached hydrogen (secondary N) is 1. The first-order valence-corrected chi connectivity index (χ1v) is 11.6. The fraction of sp³-hybridized carbons (Fsp3) is 0.714. The predicted molar refractivity (Wildman–Crippen MR) is 112 cm³/mol. The van der Waals surface area contributed by atoms with E-state index in [0.29, 0.717) is 6.04 Å². The van der Waals surface area contributed by atoms with Gasteiger partial charge >= 0.3 is 5.97 Å². The second-order valence-corrected chi connectivity index (χ2v) is 10.0. The molecule has 3 fully saturated rings. The number of rotatable bonds is 6. The van der Waals surface area contributed by atoms with Crippen LogP contribution < -0.4 is 5.32 Å². The standard InChI is InChI=1S/C21H31N3O4S/c1-12-17-16(13(2)25)20(26)24(17)18(21(27)28)19(12)29-15-6-5-14(22-11-15)7-10-23-8-3-4-9-23/h7,10,12-17,22,25H,3-6,8-9,11H2,1-2H3,(H,27,28)/b10-7+/t12-,13-,14?,15?,16-,17-/m1/s1. The van der Waals surface area contributed by atoms with Crippen LogP contribution >= 0.6 is 11.8 Å². The largest absolute Gasteiger partial charge is 0.477 e. The summed E-state index contributed by atoms with van der Waals surface area (Å²) in [6, 6.07) is 0.131. The highest BCUT2D eigenvalue weighted by Gasteiger charge is 2.60. The summed E-state index contributed by atoms with van der Waals surface area (Å²) in [5.74, 6) is -1.87. The Kier molecular flexibility index (Phi) is 5.95. The van der Waals surface area contributed by atoms with Gasteiger partial charge in [0, 0.05) is 41.7 Å². The highest BCUT2D eigenvalue weighted by atomic mass is 32.2. The van der Waals surface area contributed by atoms with Gasteiger partial charge in [0.1, 0.15) is 5.70 Å². The zero-order valence-corrected chi connectivity index (χ0v) is 17.9. The van der Waals surface area contributed by atoms with Gasteiger partial charge in [-0.25, -0.2) is 4.79 Å². The van der Waals surface area contributed by atoms with Crippen molar-refractivity contribution in [2.45, 2.75) is 63.0 Å². The number of fused-ring (bicyclic) bond motifs is 1. The monoisotopic (exact) mass is 421 g/mol. The van der Waals surface area contributed by atoms with Crippen LogP contribution in [0.5, 0.6) is 0 Å². The van der Waals surface area contributed by atoms with Crippen molar-refractivity contribution >= 4 is 23.6 Å². The number of β-lactam (4-membered cyclic amide) rings is 1. The smallest absolute Gasteiger partial charge is 0.353 e. The lowest BCUT2D eigenvalue weighted by Crippen LogP contribution is -2.63. The Balaban J connectivity index is 1.39. The summed E-state index contributed by atoms with van der Waals surface area (Å²) in [5, 5.41) is 23.6. The first-order valence-electron chi connectivity index (χ1n) is 10.7. The van der Waals surface area contributed by atoms with Gasteiger partial charge in [-0.15, -0.1) is 11.8 Å². The average molecular weight is 422 g/mol. The van der Waals surface area contributed by atoms with Crippen molar-refractivity contribution in [3.05, 3.63) is 22.9 Å². The molecule has 3 saturated heterocycles. The Morgan fingerprint density at radius 3 is 2.62 bits per heavy atom. The predicted octanol–water partition coefficient (Wildman–Crippen LogP) is 1.60. The fourth-order valence-electron chi connectivity index (χ4n) is 5.09. The molecule has 0 bridgehead atoms. The summed E-state index contributed by atoms with van der Waals surface area (Å²) >= 11 is 1.61. The number of piperidine rings is 1. The van der Waals surface area contributed by atoms with Crippen molar-refractivity contribution < 1.29 is 19.8 Å². The van der Waals surface area contributed by atoms with Crippen molar-refractivity contribution in [2.75, 3.05) is 19.6 Å². The number of aliphatic hydroxyl groups excluding tert-OH is 1. The van der Waals surface area contributed by atoms with Crippen molar-refractivity contribution in [1.29, 1.82) is 0 Å². The quantitative estimate of drug-likeness (QED) is 0.561. The summed E-state index contributed by atoms with van der Waals surface area (Å²) in [4.78, 5) is 28.9. The molecule has 29 heavy (non-hydrogen) atoms. The number of amides is 1. The zero-order chi connectivity index (χ0) is 20.7. The minimum Gasteiger partial charge on any atom is -0.477 e. The Hall–Kier alpha value is -1.51. The maximum absolute atomic E-state index is 12.4. The van der Waals surface area contributed by atoms with Crippen LogP contribution in [0.1, 0.15) is 39.5 Å². The average Bonchev–Trinajstić information content (AvgIpc) is 3.27. The number of carbonyl (C=O) groups excluding carboxylic acids is 1.